The van der Waals surface area contributed by atoms with Crippen molar-refractivity contribution in [2.75, 3.05) is 12.4 Å². The first kappa shape index (κ1) is 20.5. The molecule has 1 amide bonds. The summed E-state index contributed by atoms with van der Waals surface area (Å²) in [7, 11) is 1.62. The molecular formula is C22H29N3O2. The smallest absolute Gasteiger partial charge is 0.230 e. The summed E-state index contributed by atoms with van der Waals surface area (Å²) in [6, 6.07) is 15.4. The number of nitrogens with zero attached hydrogens (tertiary/aromatic N) is 1. The summed E-state index contributed by atoms with van der Waals surface area (Å²) in [4.78, 5) is 11.7. The molecular weight excluding hydrogens is 338 g/mol. The molecule has 1 heterocycles. The van der Waals surface area contributed by atoms with E-state index in [-0.39, 0.29) is 11.3 Å². The standard InChI is InChI=1S/C12H15NO2.C8H8N2.C2H6/c1-12(7-8-12)11(14)13-9-3-5-10(15-2)6-4-9;1-6-7-4-2-3-5-8(7)10-9-6;1-2/h3-6H,7-8H2,1-2H3,(H,13,14);2-5H,1H3,(H,9,10);1-2H3. The molecule has 0 spiro atoms. The second kappa shape index (κ2) is 9.21. The predicted octanol–water partition coefficient (Wildman–Crippen LogP) is 5.33. The van der Waals surface area contributed by atoms with Crippen molar-refractivity contribution in [3.05, 3.63) is 54.2 Å². The summed E-state index contributed by atoms with van der Waals surface area (Å²) in [5.41, 5.74) is 2.88. The van der Waals surface area contributed by atoms with Gasteiger partial charge in [0.2, 0.25) is 5.91 Å². The topological polar surface area (TPSA) is 67.0 Å². The number of aromatic nitrogens is 2. The second-order valence-electron chi connectivity index (χ2n) is 6.61. The molecule has 0 bridgehead atoms. The third kappa shape index (κ3) is 5.33. The van der Waals surface area contributed by atoms with E-state index in [1.807, 2.05) is 70.2 Å². The molecule has 1 aliphatic rings. The fraction of sp³-hybridized carbons (Fsp3) is 0.364. The fourth-order valence-corrected chi connectivity index (χ4v) is 2.46. The number of carbonyl (C=O) groups is 1. The number of H-pyrrole nitrogens is 1. The summed E-state index contributed by atoms with van der Waals surface area (Å²) >= 11 is 0. The lowest BCUT2D eigenvalue weighted by Crippen LogP contribution is -2.21. The van der Waals surface area contributed by atoms with Gasteiger partial charge >= 0.3 is 0 Å². The molecule has 2 aromatic carbocycles. The maximum absolute atomic E-state index is 11.7. The number of fused-ring (bicyclic) bond motifs is 1. The predicted molar refractivity (Wildman–Crippen MR) is 111 cm³/mol. The van der Waals surface area contributed by atoms with E-state index in [0.717, 1.165) is 35.5 Å². The van der Waals surface area contributed by atoms with Crippen molar-refractivity contribution in [2.24, 2.45) is 5.41 Å². The van der Waals surface area contributed by atoms with E-state index in [0.29, 0.717) is 0 Å². The van der Waals surface area contributed by atoms with Gasteiger partial charge in [-0.25, -0.2) is 0 Å². The third-order valence-electron chi connectivity index (χ3n) is 4.55. The van der Waals surface area contributed by atoms with Crippen molar-refractivity contribution in [3.8, 4) is 5.75 Å². The molecule has 1 aliphatic carbocycles. The normalized spacial score (nSPS) is 13.5. The van der Waals surface area contributed by atoms with Gasteiger partial charge in [0.15, 0.2) is 0 Å². The monoisotopic (exact) mass is 367 g/mol. The number of rotatable bonds is 3. The van der Waals surface area contributed by atoms with E-state index in [2.05, 4.69) is 21.6 Å². The Balaban J connectivity index is 0.000000189. The summed E-state index contributed by atoms with van der Waals surface area (Å²) in [5.74, 6) is 0.915. The lowest BCUT2D eigenvalue weighted by molar-refractivity contribution is -0.120. The molecule has 3 aromatic rings. The highest BCUT2D eigenvalue weighted by Gasteiger charge is 2.44. The van der Waals surface area contributed by atoms with Crippen LogP contribution in [0.4, 0.5) is 5.69 Å². The Labute approximate surface area is 161 Å². The highest BCUT2D eigenvalue weighted by atomic mass is 16.5. The summed E-state index contributed by atoms with van der Waals surface area (Å²) < 4.78 is 5.04. The van der Waals surface area contributed by atoms with Gasteiger partial charge in [0, 0.05) is 22.2 Å². The average molecular weight is 367 g/mol. The maximum atomic E-state index is 11.7. The zero-order valence-corrected chi connectivity index (χ0v) is 16.8. The van der Waals surface area contributed by atoms with Crippen molar-refractivity contribution >= 4 is 22.5 Å². The van der Waals surface area contributed by atoms with Crippen LogP contribution in [-0.2, 0) is 4.79 Å². The van der Waals surface area contributed by atoms with Crippen molar-refractivity contribution < 1.29 is 9.53 Å². The summed E-state index contributed by atoms with van der Waals surface area (Å²) in [6.07, 6.45) is 1.99. The Morgan fingerprint density at radius 3 is 2.30 bits per heavy atom. The van der Waals surface area contributed by atoms with Crippen LogP contribution in [0.2, 0.25) is 0 Å². The minimum Gasteiger partial charge on any atom is -0.497 e. The van der Waals surface area contributed by atoms with E-state index in [1.165, 1.54) is 5.39 Å². The van der Waals surface area contributed by atoms with Crippen molar-refractivity contribution in [2.45, 2.75) is 40.5 Å². The van der Waals surface area contributed by atoms with Gasteiger partial charge in [0.25, 0.3) is 0 Å². The van der Waals surface area contributed by atoms with Gasteiger partial charge in [0.05, 0.1) is 12.6 Å². The summed E-state index contributed by atoms with van der Waals surface area (Å²) in [6.45, 7) is 8.02. The lowest BCUT2D eigenvalue weighted by atomic mass is 10.1. The first-order chi connectivity index (χ1) is 13.0. The molecule has 0 saturated heterocycles. The molecule has 0 radical (unpaired) electrons. The Morgan fingerprint density at radius 1 is 1.11 bits per heavy atom. The number of aryl methyl sites for hydroxylation is 1. The average Bonchev–Trinajstić information content (AvgIpc) is 3.37. The zero-order valence-electron chi connectivity index (χ0n) is 16.8. The molecule has 0 aliphatic heterocycles. The van der Waals surface area contributed by atoms with E-state index >= 15 is 0 Å². The van der Waals surface area contributed by atoms with Crippen molar-refractivity contribution in [1.29, 1.82) is 0 Å². The number of ether oxygens (including phenoxy) is 1. The molecule has 144 valence electrons. The van der Waals surface area contributed by atoms with Crippen LogP contribution >= 0.6 is 0 Å². The van der Waals surface area contributed by atoms with E-state index in [9.17, 15) is 4.79 Å². The number of amides is 1. The molecule has 1 fully saturated rings. The van der Waals surface area contributed by atoms with Gasteiger partial charge in [-0.1, -0.05) is 39.0 Å². The van der Waals surface area contributed by atoms with E-state index in [1.54, 1.807) is 7.11 Å². The number of nitrogens with one attached hydrogen (secondary N) is 2. The summed E-state index contributed by atoms with van der Waals surface area (Å²) in [5, 5.41) is 11.1. The van der Waals surface area contributed by atoms with Crippen LogP contribution in [0.15, 0.2) is 48.5 Å². The molecule has 0 atom stereocenters. The van der Waals surface area contributed by atoms with Crippen LogP contribution in [-0.4, -0.2) is 23.2 Å². The van der Waals surface area contributed by atoms with Crippen molar-refractivity contribution in [3.63, 3.8) is 0 Å². The number of benzene rings is 2. The molecule has 1 saturated carbocycles. The number of anilines is 1. The largest absolute Gasteiger partial charge is 0.497 e. The van der Waals surface area contributed by atoms with Crippen LogP contribution in [0.5, 0.6) is 5.75 Å². The minimum atomic E-state index is -0.125. The van der Waals surface area contributed by atoms with Crippen molar-refractivity contribution in [1.82, 2.24) is 10.2 Å². The van der Waals surface area contributed by atoms with Gasteiger partial charge in [-0.2, -0.15) is 5.10 Å². The number of carbonyl (C=O) groups excluding carboxylic acids is 1. The fourth-order valence-electron chi connectivity index (χ4n) is 2.46. The van der Waals surface area contributed by atoms with Crippen LogP contribution < -0.4 is 10.1 Å². The minimum absolute atomic E-state index is 0.118. The number of methoxy groups -OCH3 is 1. The Kier molecular flexibility index (Phi) is 6.99. The van der Waals surface area contributed by atoms with Gasteiger partial charge in [0.1, 0.15) is 5.75 Å². The Bertz CT molecular complexity index is 865. The SMILES string of the molecule is CC.COc1ccc(NC(=O)C2(C)CC2)cc1.Cc1[nH]nc2ccccc12. The molecule has 4 rings (SSSR count). The van der Waals surface area contributed by atoms with Gasteiger partial charge in [-0.05, 0) is 50.1 Å². The number of aromatic amines is 1. The van der Waals surface area contributed by atoms with E-state index < -0.39 is 0 Å². The maximum Gasteiger partial charge on any atom is 0.230 e. The van der Waals surface area contributed by atoms with Gasteiger partial charge < -0.3 is 10.1 Å². The third-order valence-corrected chi connectivity index (χ3v) is 4.55. The lowest BCUT2D eigenvalue weighted by Gasteiger charge is -2.10. The van der Waals surface area contributed by atoms with Gasteiger partial charge in [-0.15, -0.1) is 0 Å². The number of hydrogen-bond donors (Lipinski definition) is 2. The van der Waals surface area contributed by atoms with Crippen LogP contribution in [0, 0.1) is 12.3 Å². The van der Waals surface area contributed by atoms with Crippen LogP contribution in [0.25, 0.3) is 10.9 Å². The quantitative estimate of drug-likeness (QED) is 0.657. The molecule has 5 nitrogen and oxygen atoms in total. The highest BCUT2D eigenvalue weighted by Crippen LogP contribution is 2.45. The zero-order chi connectivity index (χ0) is 19.9. The molecule has 1 aromatic heterocycles. The second-order valence-corrected chi connectivity index (χ2v) is 6.61. The highest BCUT2D eigenvalue weighted by molar-refractivity contribution is 5.96. The number of hydrogen-bond acceptors (Lipinski definition) is 3. The number of para-hydroxylation sites is 1. The molecule has 27 heavy (non-hydrogen) atoms. The Morgan fingerprint density at radius 2 is 1.74 bits per heavy atom. The van der Waals surface area contributed by atoms with E-state index in [4.69, 9.17) is 4.74 Å². The molecule has 5 heteroatoms. The molecule has 0 unspecified atom stereocenters. The Hall–Kier alpha value is -2.82. The first-order valence-corrected chi connectivity index (χ1v) is 9.37. The van der Waals surface area contributed by atoms with Crippen LogP contribution in [0.1, 0.15) is 39.3 Å². The first-order valence-electron chi connectivity index (χ1n) is 9.37. The van der Waals surface area contributed by atoms with Gasteiger partial charge in [-0.3, -0.25) is 9.89 Å². The molecule has 2 N–H and O–H groups in total. The van der Waals surface area contributed by atoms with Crippen LogP contribution in [0.3, 0.4) is 0 Å².